The van der Waals surface area contributed by atoms with Crippen LogP contribution in [0.2, 0.25) is 0 Å². The van der Waals surface area contributed by atoms with Crippen LogP contribution in [0, 0.1) is 0 Å². The van der Waals surface area contributed by atoms with Crippen molar-refractivity contribution in [2.75, 3.05) is 40.0 Å². The summed E-state index contributed by atoms with van der Waals surface area (Å²) in [5.41, 5.74) is 1.27. The van der Waals surface area contributed by atoms with Crippen LogP contribution in [0.4, 0.5) is 0 Å². The van der Waals surface area contributed by atoms with E-state index >= 15 is 0 Å². The average Bonchev–Trinajstić information content (AvgIpc) is 2.50. The first-order valence-electron chi connectivity index (χ1n) is 7.79. The van der Waals surface area contributed by atoms with Crippen molar-refractivity contribution in [3.63, 3.8) is 0 Å². The number of rotatable bonds is 12. The Hall–Kier alpha value is -1.10. The fraction of sp³-hybridized carbons (Fsp3) is 0.647. The van der Waals surface area contributed by atoms with Crippen LogP contribution >= 0.6 is 0 Å². The molecule has 1 aromatic rings. The molecule has 0 saturated carbocycles. The van der Waals surface area contributed by atoms with Crippen molar-refractivity contribution in [3.8, 4) is 5.75 Å². The van der Waals surface area contributed by atoms with E-state index in [-0.39, 0.29) is 6.10 Å². The second-order valence-corrected chi connectivity index (χ2v) is 5.07. The molecule has 1 N–H and O–H groups in total. The number of hydrogen-bond acceptors (Lipinski definition) is 4. The molecule has 0 amide bonds. The van der Waals surface area contributed by atoms with Gasteiger partial charge in [0.1, 0.15) is 11.9 Å². The largest absolute Gasteiger partial charge is 0.489 e. The van der Waals surface area contributed by atoms with Crippen LogP contribution in [0.3, 0.4) is 0 Å². The molecule has 1 aromatic carbocycles. The summed E-state index contributed by atoms with van der Waals surface area (Å²) in [4.78, 5) is 0. The van der Waals surface area contributed by atoms with E-state index < -0.39 is 0 Å². The topological polar surface area (TPSA) is 39.7 Å². The molecule has 1 unspecified atom stereocenters. The van der Waals surface area contributed by atoms with Gasteiger partial charge in [-0.1, -0.05) is 12.1 Å². The van der Waals surface area contributed by atoms with Gasteiger partial charge >= 0.3 is 0 Å². The molecular weight excluding hydrogens is 266 g/mol. The van der Waals surface area contributed by atoms with Crippen LogP contribution in [0.5, 0.6) is 5.75 Å². The van der Waals surface area contributed by atoms with Gasteiger partial charge in [-0.05, 0) is 50.9 Å². The molecule has 21 heavy (non-hydrogen) atoms. The molecule has 4 nitrogen and oxygen atoms in total. The Kier molecular flexibility index (Phi) is 9.87. The predicted octanol–water partition coefficient (Wildman–Crippen LogP) is 2.66. The Morgan fingerprint density at radius 2 is 1.90 bits per heavy atom. The number of nitrogens with one attached hydrogen (secondary N) is 1. The van der Waals surface area contributed by atoms with E-state index in [1.165, 1.54) is 5.56 Å². The molecule has 120 valence electrons. The molecule has 0 heterocycles. The van der Waals surface area contributed by atoms with E-state index in [9.17, 15) is 0 Å². The van der Waals surface area contributed by atoms with Gasteiger partial charge in [0.2, 0.25) is 0 Å². The van der Waals surface area contributed by atoms with E-state index in [4.69, 9.17) is 14.2 Å². The lowest BCUT2D eigenvalue weighted by molar-refractivity contribution is 0.143. The van der Waals surface area contributed by atoms with Gasteiger partial charge in [0.15, 0.2) is 0 Å². The second kappa shape index (κ2) is 11.5. The van der Waals surface area contributed by atoms with E-state index in [1.807, 2.05) is 19.1 Å². The van der Waals surface area contributed by atoms with Crippen LogP contribution in [-0.2, 0) is 15.9 Å². The number of benzene rings is 1. The third-order valence-electron chi connectivity index (χ3n) is 3.13. The van der Waals surface area contributed by atoms with Gasteiger partial charge in [-0.15, -0.1) is 0 Å². The van der Waals surface area contributed by atoms with Crippen molar-refractivity contribution in [2.45, 2.75) is 32.8 Å². The Labute approximate surface area is 128 Å². The average molecular weight is 295 g/mol. The smallest absolute Gasteiger partial charge is 0.119 e. The maximum absolute atomic E-state index is 5.88. The third kappa shape index (κ3) is 8.71. The first-order valence-corrected chi connectivity index (χ1v) is 7.79. The molecule has 0 spiro atoms. The molecule has 4 heteroatoms. The van der Waals surface area contributed by atoms with Gasteiger partial charge < -0.3 is 19.5 Å². The Morgan fingerprint density at radius 3 is 2.57 bits per heavy atom. The molecule has 0 aliphatic rings. The van der Waals surface area contributed by atoms with Gasteiger partial charge in [0.05, 0.1) is 6.61 Å². The SMILES string of the molecule is CCOCCCNCC(C)Oc1ccc(CCOC)cc1. The normalized spacial score (nSPS) is 12.3. The highest BCUT2D eigenvalue weighted by Crippen LogP contribution is 2.14. The number of hydrogen-bond donors (Lipinski definition) is 1. The number of methoxy groups -OCH3 is 1. The van der Waals surface area contributed by atoms with Crippen molar-refractivity contribution < 1.29 is 14.2 Å². The van der Waals surface area contributed by atoms with Crippen molar-refractivity contribution in [3.05, 3.63) is 29.8 Å². The highest BCUT2D eigenvalue weighted by atomic mass is 16.5. The summed E-state index contributed by atoms with van der Waals surface area (Å²) < 4.78 is 16.2. The van der Waals surface area contributed by atoms with Gasteiger partial charge in [-0.3, -0.25) is 0 Å². The van der Waals surface area contributed by atoms with E-state index in [0.717, 1.165) is 51.5 Å². The minimum absolute atomic E-state index is 0.155. The van der Waals surface area contributed by atoms with Gasteiger partial charge in [-0.2, -0.15) is 0 Å². The van der Waals surface area contributed by atoms with Crippen molar-refractivity contribution in [1.82, 2.24) is 5.32 Å². The van der Waals surface area contributed by atoms with Crippen LogP contribution in [0.15, 0.2) is 24.3 Å². The maximum atomic E-state index is 5.88. The quantitative estimate of drug-likeness (QED) is 0.602. The van der Waals surface area contributed by atoms with Crippen LogP contribution in [-0.4, -0.2) is 46.1 Å². The van der Waals surface area contributed by atoms with Gasteiger partial charge in [-0.25, -0.2) is 0 Å². The van der Waals surface area contributed by atoms with Crippen molar-refractivity contribution >= 4 is 0 Å². The molecule has 0 aliphatic carbocycles. The molecule has 0 radical (unpaired) electrons. The lowest BCUT2D eigenvalue weighted by Crippen LogP contribution is -2.30. The predicted molar refractivity (Wildman–Crippen MR) is 86.1 cm³/mol. The molecule has 1 atom stereocenters. The van der Waals surface area contributed by atoms with Crippen molar-refractivity contribution in [1.29, 1.82) is 0 Å². The van der Waals surface area contributed by atoms with Crippen molar-refractivity contribution in [2.24, 2.45) is 0 Å². The van der Waals surface area contributed by atoms with Crippen LogP contribution in [0.25, 0.3) is 0 Å². The molecule has 0 aliphatic heterocycles. The molecule has 0 saturated heterocycles. The minimum Gasteiger partial charge on any atom is -0.489 e. The first kappa shape index (κ1) is 18.0. The lowest BCUT2D eigenvalue weighted by atomic mass is 10.1. The Morgan fingerprint density at radius 1 is 1.14 bits per heavy atom. The lowest BCUT2D eigenvalue weighted by Gasteiger charge is -2.16. The maximum Gasteiger partial charge on any atom is 0.119 e. The first-order chi connectivity index (χ1) is 10.3. The summed E-state index contributed by atoms with van der Waals surface area (Å²) in [6, 6.07) is 8.24. The molecule has 0 fully saturated rings. The second-order valence-electron chi connectivity index (χ2n) is 5.07. The molecular formula is C17H29NO3. The minimum atomic E-state index is 0.155. The Balaban J connectivity index is 2.17. The zero-order chi connectivity index (χ0) is 15.3. The standard InChI is InChI=1S/C17H29NO3/c1-4-20-12-5-11-18-14-15(2)21-17-8-6-16(7-9-17)10-13-19-3/h6-9,15,18H,4-5,10-14H2,1-3H3. The fourth-order valence-electron chi connectivity index (χ4n) is 1.98. The highest BCUT2D eigenvalue weighted by Gasteiger charge is 2.03. The van der Waals surface area contributed by atoms with Crippen LogP contribution < -0.4 is 10.1 Å². The zero-order valence-electron chi connectivity index (χ0n) is 13.6. The molecule has 0 aromatic heterocycles. The van der Waals surface area contributed by atoms with Gasteiger partial charge in [0.25, 0.3) is 0 Å². The van der Waals surface area contributed by atoms with E-state index in [1.54, 1.807) is 7.11 Å². The molecule has 0 bridgehead atoms. The molecule has 1 rings (SSSR count). The Bertz CT molecular complexity index is 354. The monoisotopic (exact) mass is 295 g/mol. The van der Waals surface area contributed by atoms with Crippen LogP contribution in [0.1, 0.15) is 25.8 Å². The number of ether oxygens (including phenoxy) is 3. The fourth-order valence-corrected chi connectivity index (χ4v) is 1.98. The summed E-state index contributed by atoms with van der Waals surface area (Å²) in [5.74, 6) is 0.916. The van der Waals surface area contributed by atoms with Gasteiger partial charge in [0, 0.05) is 26.9 Å². The summed E-state index contributed by atoms with van der Waals surface area (Å²) in [6.45, 7) is 8.27. The summed E-state index contributed by atoms with van der Waals surface area (Å²) in [7, 11) is 1.72. The summed E-state index contributed by atoms with van der Waals surface area (Å²) in [6.07, 6.45) is 2.13. The third-order valence-corrected chi connectivity index (χ3v) is 3.13. The van der Waals surface area contributed by atoms with E-state index in [0.29, 0.717) is 0 Å². The summed E-state index contributed by atoms with van der Waals surface area (Å²) >= 11 is 0. The zero-order valence-corrected chi connectivity index (χ0v) is 13.6. The summed E-state index contributed by atoms with van der Waals surface area (Å²) in [5, 5.41) is 3.38. The van der Waals surface area contributed by atoms with E-state index in [2.05, 4.69) is 24.4 Å². The highest BCUT2D eigenvalue weighted by molar-refractivity contribution is 5.27.